The predicted molar refractivity (Wildman–Crippen MR) is 83.9 cm³/mol. The predicted octanol–water partition coefficient (Wildman–Crippen LogP) is -0.358. The monoisotopic (exact) mass is 313 g/mol. The molecule has 9 heteroatoms. The van der Waals surface area contributed by atoms with E-state index in [2.05, 4.69) is 25.6 Å². The lowest BCUT2D eigenvalue weighted by Gasteiger charge is -2.27. The van der Waals surface area contributed by atoms with Gasteiger partial charge in [0, 0.05) is 25.5 Å². The van der Waals surface area contributed by atoms with Crippen LogP contribution >= 0.6 is 0 Å². The third-order valence-electron chi connectivity index (χ3n) is 3.31. The summed E-state index contributed by atoms with van der Waals surface area (Å²) in [5.74, 6) is 0.252. The maximum Gasteiger partial charge on any atom is 0.278 e. The van der Waals surface area contributed by atoms with Gasteiger partial charge in [0.25, 0.3) is 5.91 Å². The van der Waals surface area contributed by atoms with Gasteiger partial charge >= 0.3 is 0 Å². The summed E-state index contributed by atoms with van der Waals surface area (Å²) in [6.45, 7) is 1.56. The topological polar surface area (TPSA) is 126 Å². The van der Waals surface area contributed by atoms with Crippen molar-refractivity contribution in [3.05, 3.63) is 36.4 Å². The van der Waals surface area contributed by atoms with Gasteiger partial charge in [-0.3, -0.25) is 9.59 Å². The van der Waals surface area contributed by atoms with Crippen molar-refractivity contribution < 1.29 is 9.59 Å². The lowest BCUT2D eigenvalue weighted by atomic mass is 10.3. The fraction of sp³-hybridized carbons (Fsp3) is 0.214. The van der Waals surface area contributed by atoms with Crippen LogP contribution in [-0.4, -0.2) is 46.4 Å². The molecule has 0 unspecified atom stereocenters. The summed E-state index contributed by atoms with van der Waals surface area (Å²) in [5, 5.41) is 5.41. The highest BCUT2D eigenvalue weighted by atomic mass is 16.2. The molecular weight excluding hydrogens is 298 g/mol. The molecule has 4 N–H and O–H groups in total. The van der Waals surface area contributed by atoms with Crippen molar-refractivity contribution in [3.8, 4) is 0 Å². The number of nitrogen functional groups attached to an aromatic ring is 1. The number of carbonyl (C=O) groups excluding carboxylic acids is 2. The molecule has 0 aromatic carbocycles. The maximum atomic E-state index is 12.1. The number of piperazine rings is 1. The van der Waals surface area contributed by atoms with Crippen LogP contribution in [0.25, 0.3) is 0 Å². The minimum Gasteiger partial charge on any atom is -0.382 e. The Morgan fingerprint density at radius 3 is 2.78 bits per heavy atom. The van der Waals surface area contributed by atoms with Gasteiger partial charge in [0.05, 0.1) is 18.4 Å². The van der Waals surface area contributed by atoms with Gasteiger partial charge in [-0.05, 0) is 12.1 Å². The van der Waals surface area contributed by atoms with Crippen molar-refractivity contribution >= 4 is 29.1 Å². The number of nitrogens with one attached hydrogen (secondary N) is 2. The van der Waals surface area contributed by atoms with Crippen molar-refractivity contribution in [1.29, 1.82) is 0 Å². The number of nitrogens with two attached hydrogens (primary N) is 1. The zero-order valence-corrected chi connectivity index (χ0v) is 12.2. The standard InChI is InChI=1S/C14H15N7O2/c15-13-12(17-3-4-18-13)14(23)20-9-1-2-10(19-7-9)21-6-5-16-11(22)8-21/h1-4,7H,5-6,8H2,(H2,15,18)(H,16,22)(H,20,23). The number of rotatable bonds is 3. The van der Waals surface area contributed by atoms with Crippen LogP contribution < -0.4 is 21.3 Å². The highest BCUT2D eigenvalue weighted by Gasteiger charge is 2.17. The second kappa shape index (κ2) is 6.26. The van der Waals surface area contributed by atoms with E-state index in [1.807, 2.05) is 4.90 Å². The molecule has 1 fully saturated rings. The summed E-state index contributed by atoms with van der Waals surface area (Å²) in [6, 6.07) is 3.45. The largest absolute Gasteiger partial charge is 0.382 e. The van der Waals surface area contributed by atoms with Crippen LogP contribution in [0.5, 0.6) is 0 Å². The Labute approximate surface area is 131 Å². The molecule has 0 saturated carbocycles. The molecule has 0 atom stereocenters. The van der Waals surface area contributed by atoms with Crippen LogP contribution in [0.3, 0.4) is 0 Å². The fourth-order valence-corrected chi connectivity index (χ4v) is 2.20. The summed E-state index contributed by atoms with van der Waals surface area (Å²) in [4.78, 5) is 37.3. The average molecular weight is 313 g/mol. The van der Waals surface area contributed by atoms with Gasteiger partial charge in [-0.1, -0.05) is 0 Å². The lowest BCUT2D eigenvalue weighted by molar-refractivity contribution is -0.120. The Morgan fingerprint density at radius 1 is 1.26 bits per heavy atom. The number of hydrogen-bond donors (Lipinski definition) is 3. The smallest absolute Gasteiger partial charge is 0.278 e. The Balaban J connectivity index is 1.69. The van der Waals surface area contributed by atoms with E-state index >= 15 is 0 Å². The first-order valence-electron chi connectivity index (χ1n) is 6.99. The summed E-state index contributed by atoms with van der Waals surface area (Å²) in [5.41, 5.74) is 6.18. The van der Waals surface area contributed by atoms with E-state index in [0.717, 1.165) is 0 Å². The minimum absolute atomic E-state index is 0.0337. The molecular formula is C14H15N7O2. The van der Waals surface area contributed by atoms with E-state index in [4.69, 9.17) is 5.73 Å². The third kappa shape index (κ3) is 3.34. The molecule has 1 aliphatic heterocycles. The number of pyridine rings is 1. The second-order valence-corrected chi connectivity index (χ2v) is 4.92. The molecule has 1 saturated heterocycles. The zero-order valence-electron chi connectivity index (χ0n) is 12.2. The molecule has 23 heavy (non-hydrogen) atoms. The highest BCUT2D eigenvalue weighted by molar-refractivity contribution is 6.05. The van der Waals surface area contributed by atoms with E-state index in [9.17, 15) is 9.59 Å². The van der Waals surface area contributed by atoms with Gasteiger partial charge < -0.3 is 21.3 Å². The highest BCUT2D eigenvalue weighted by Crippen LogP contribution is 2.16. The van der Waals surface area contributed by atoms with Crippen LogP contribution in [0.2, 0.25) is 0 Å². The van der Waals surface area contributed by atoms with Crippen LogP contribution in [0.4, 0.5) is 17.3 Å². The quantitative estimate of drug-likeness (QED) is 0.706. The molecule has 3 rings (SSSR count). The molecule has 1 aliphatic rings. The van der Waals surface area contributed by atoms with Crippen molar-refractivity contribution in [2.24, 2.45) is 0 Å². The number of anilines is 3. The van der Waals surface area contributed by atoms with Gasteiger partial charge in [-0.15, -0.1) is 0 Å². The van der Waals surface area contributed by atoms with E-state index in [1.54, 1.807) is 12.1 Å². The molecule has 118 valence electrons. The van der Waals surface area contributed by atoms with Gasteiger partial charge in [0.2, 0.25) is 5.91 Å². The van der Waals surface area contributed by atoms with Crippen LogP contribution in [0.15, 0.2) is 30.7 Å². The molecule has 2 aromatic heterocycles. The van der Waals surface area contributed by atoms with Crippen LogP contribution in [0, 0.1) is 0 Å². The molecule has 2 amide bonds. The molecule has 3 heterocycles. The first-order chi connectivity index (χ1) is 11.1. The van der Waals surface area contributed by atoms with E-state index in [-0.39, 0.29) is 24.0 Å². The average Bonchev–Trinajstić information content (AvgIpc) is 2.56. The fourth-order valence-electron chi connectivity index (χ4n) is 2.20. The summed E-state index contributed by atoms with van der Waals surface area (Å²) in [7, 11) is 0. The normalized spacial score (nSPS) is 14.3. The molecule has 0 bridgehead atoms. The number of aromatic nitrogens is 3. The van der Waals surface area contributed by atoms with Gasteiger partial charge in [0.1, 0.15) is 5.82 Å². The van der Waals surface area contributed by atoms with Crippen molar-refractivity contribution in [2.75, 3.05) is 35.6 Å². The third-order valence-corrected chi connectivity index (χ3v) is 3.31. The SMILES string of the molecule is Nc1nccnc1C(=O)Nc1ccc(N2CCNC(=O)C2)nc1. The van der Waals surface area contributed by atoms with E-state index in [0.29, 0.717) is 24.6 Å². The number of carbonyl (C=O) groups is 2. The minimum atomic E-state index is -0.456. The Bertz CT molecular complexity index is 732. The number of amides is 2. The number of nitrogens with zero attached hydrogens (tertiary/aromatic N) is 4. The van der Waals surface area contributed by atoms with Crippen molar-refractivity contribution in [2.45, 2.75) is 0 Å². The molecule has 9 nitrogen and oxygen atoms in total. The van der Waals surface area contributed by atoms with E-state index < -0.39 is 5.91 Å². The summed E-state index contributed by atoms with van der Waals surface area (Å²) >= 11 is 0. The van der Waals surface area contributed by atoms with Crippen molar-refractivity contribution in [1.82, 2.24) is 20.3 Å². The van der Waals surface area contributed by atoms with Gasteiger partial charge in [0.15, 0.2) is 11.5 Å². The Morgan fingerprint density at radius 2 is 2.09 bits per heavy atom. The first-order valence-corrected chi connectivity index (χ1v) is 6.99. The summed E-state index contributed by atoms with van der Waals surface area (Å²) < 4.78 is 0. The number of hydrogen-bond acceptors (Lipinski definition) is 7. The molecule has 0 spiro atoms. The second-order valence-electron chi connectivity index (χ2n) is 4.92. The maximum absolute atomic E-state index is 12.1. The Kier molecular flexibility index (Phi) is 4.00. The van der Waals surface area contributed by atoms with Crippen molar-refractivity contribution in [3.63, 3.8) is 0 Å². The first kappa shape index (κ1) is 14.7. The Hall–Kier alpha value is -3.23. The molecule has 0 radical (unpaired) electrons. The van der Waals surface area contributed by atoms with Crippen LogP contribution in [-0.2, 0) is 4.79 Å². The van der Waals surface area contributed by atoms with Gasteiger partial charge in [-0.25, -0.2) is 15.0 Å². The summed E-state index contributed by atoms with van der Waals surface area (Å²) in [6.07, 6.45) is 4.33. The van der Waals surface area contributed by atoms with Gasteiger partial charge in [-0.2, -0.15) is 0 Å². The molecule has 0 aliphatic carbocycles. The zero-order chi connectivity index (χ0) is 16.2. The lowest BCUT2D eigenvalue weighted by Crippen LogP contribution is -2.48. The van der Waals surface area contributed by atoms with E-state index in [1.165, 1.54) is 18.6 Å². The molecule has 2 aromatic rings. The van der Waals surface area contributed by atoms with Crippen LogP contribution in [0.1, 0.15) is 10.5 Å².